The highest BCUT2D eigenvalue weighted by Crippen LogP contribution is 2.21. The van der Waals surface area contributed by atoms with Gasteiger partial charge in [0.25, 0.3) is 16.0 Å². The highest BCUT2D eigenvalue weighted by molar-refractivity contribution is 7.93. The summed E-state index contributed by atoms with van der Waals surface area (Å²) in [6.45, 7) is 0.245. The zero-order valence-electron chi connectivity index (χ0n) is 13.1. The van der Waals surface area contributed by atoms with E-state index in [9.17, 15) is 12.8 Å². The summed E-state index contributed by atoms with van der Waals surface area (Å²) in [5, 5.41) is 11.3. The normalized spacial score (nSPS) is 11.7. The molecule has 0 spiro atoms. The number of hydrogen-bond acceptors (Lipinski definition) is 7. The van der Waals surface area contributed by atoms with Crippen LogP contribution in [0, 0.1) is 5.82 Å². The van der Waals surface area contributed by atoms with Crippen LogP contribution in [0.3, 0.4) is 0 Å². The molecule has 2 aromatic heterocycles. The number of halogens is 1. The fraction of sp³-hybridized carbons (Fsp3) is 0.0667. The predicted molar refractivity (Wildman–Crippen MR) is 88.1 cm³/mol. The van der Waals surface area contributed by atoms with Gasteiger partial charge in [0.2, 0.25) is 0 Å². The summed E-state index contributed by atoms with van der Waals surface area (Å²) < 4.78 is 46.6. The molecular formula is C15H11FN6O3S. The summed E-state index contributed by atoms with van der Waals surface area (Å²) in [5.74, 6) is -0.479. The quantitative estimate of drug-likeness (QED) is 0.566. The molecule has 26 heavy (non-hydrogen) atoms. The van der Waals surface area contributed by atoms with E-state index >= 15 is 0 Å². The monoisotopic (exact) mass is 374 g/mol. The van der Waals surface area contributed by atoms with Gasteiger partial charge in [-0.05, 0) is 40.1 Å². The maximum Gasteiger partial charge on any atom is 0.266 e. The second-order valence-electron chi connectivity index (χ2n) is 5.39. The van der Waals surface area contributed by atoms with Crippen molar-refractivity contribution >= 4 is 27.0 Å². The molecule has 0 aliphatic rings. The zero-order valence-corrected chi connectivity index (χ0v) is 13.9. The first kappa shape index (κ1) is 16.1. The van der Waals surface area contributed by atoms with Crippen molar-refractivity contribution in [3.63, 3.8) is 0 Å². The van der Waals surface area contributed by atoms with Gasteiger partial charge in [-0.15, -0.1) is 5.10 Å². The number of benzene rings is 2. The summed E-state index contributed by atoms with van der Waals surface area (Å²) in [6.07, 6.45) is 1.35. The predicted octanol–water partition coefficient (Wildman–Crippen LogP) is 1.80. The van der Waals surface area contributed by atoms with Crippen molar-refractivity contribution in [3.05, 3.63) is 60.2 Å². The molecule has 2 heterocycles. The summed E-state index contributed by atoms with van der Waals surface area (Å²) in [7, 11) is -3.99. The third-order valence-corrected chi connectivity index (χ3v) is 4.89. The van der Waals surface area contributed by atoms with Crippen LogP contribution in [-0.4, -0.2) is 33.5 Å². The largest absolute Gasteiger partial charge is 0.266 e. The summed E-state index contributed by atoms with van der Waals surface area (Å²) in [6, 6.07) is 10.5. The fourth-order valence-electron chi connectivity index (χ4n) is 2.41. The molecular weight excluding hydrogens is 363 g/mol. The van der Waals surface area contributed by atoms with E-state index in [0.717, 1.165) is 0 Å². The number of nitrogens with one attached hydrogen (secondary N) is 1. The van der Waals surface area contributed by atoms with E-state index in [2.05, 4.69) is 29.7 Å². The minimum Gasteiger partial charge on any atom is -0.246 e. The molecule has 0 fully saturated rings. The Bertz CT molecular complexity index is 1190. The van der Waals surface area contributed by atoms with Gasteiger partial charge in [-0.3, -0.25) is 0 Å². The molecule has 0 saturated carbocycles. The molecule has 0 bridgehead atoms. The topological polar surface area (TPSA) is 116 Å². The van der Waals surface area contributed by atoms with Crippen molar-refractivity contribution in [1.82, 2.24) is 25.1 Å². The van der Waals surface area contributed by atoms with Crippen LogP contribution in [0.15, 0.2) is 58.3 Å². The molecule has 0 aliphatic heterocycles. The first-order valence-corrected chi connectivity index (χ1v) is 8.87. The molecule has 0 atom stereocenters. The molecule has 1 N–H and O–H groups in total. The second kappa shape index (κ2) is 6.19. The van der Waals surface area contributed by atoms with Crippen LogP contribution in [0.2, 0.25) is 0 Å². The van der Waals surface area contributed by atoms with Gasteiger partial charge in [-0.1, -0.05) is 18.2 Å². The lowest BCUT2D eigenvalue weighted by molar-refractivity contribution is 0.315. The maximum atomic E-state index is 13.2. The number of nitrogens with zero attached hydrogens (tertiary/aromatic N) is 5. The standard InChI is InChI=1S/C15H11FN6O3S/c16-11-4-1-3-10(7-11)8-22-9-17-15(18-22)21-26(23,24)13-6-2-5-12-14(13)20-25-19-12/h1-7,9H,8H2,(H,18,21). The van der Waals surface area contributed by atoms with Crippen LogP contribution in [0.5, 0.6) is 0 Å². The molecule has 4 rings (SSSR count). The molecule has 4 aromatic rings. The molecule has 0 amide bonds. The molecule has 2 aromatic carbocycles. The van der Waals surface area contributed by atoms with Crippen LogP contribution in [0.4, 0.5) is 10.3 Å². The Balaban J connectivity index is 1.57. The van der Waals surface area contributed by atoms with E-state index in [1.54, 1.807) is 18.2 Å². The van der Waals surface area contributed by atoms with Gasteiger partial charge in [0.1, 0.15) is 22.6 Å². The molecule has 132 valence electrons. The zero-order chi connectivity index (χ0) is 18.1. The Hall–Kier alpha value is -3.34. The van der Waals surface area contributed by atoms with E-state index in [1.807, 2.05) is 0 Å². The van der Waals surface area contributed by atoms with Crippen LogP contribution < -0.4 is 4.72 Å². The third-order valence-electron chi connectivity index (χ3n) is 3.53. The average molecular weight is 374 g/mol. The number of anilines is 1. The number of aromatic nitrogens is 5. The SMILES string of the molecule is O=S(=O)(Nc1ncn(Cc2cccc(F)c2)n1)c1cccc2nonc12. The van der Waals surface area contributed by atoms with Crippen molar-refractivity contribution in [2.24, 2.45) is 0 Å². The maximum absolute atomic E-state index is 13.2. The van der Waals surface area contributed by atoms with Gasteiger partial charge >= 0.3 is 0 Å². The third kappa shape index (κ3) is 3.11. The number of sulfonamides is 1. The second-order valence-corrected chi connectivity index (χ2v) is 7.04. The highest BCUT2D eigenvalue weighted by Gasteiger charge is 2.22. The van der Waals surface area contributed by atoms with Gasteiger partial charge in [0.05, 0.1) is 6.54 Å². The summed E-state index contributed by atoms with van der Waals surface area (Å²) in [4.78, 5) is 3.82. The lowest BCUT2D eigenvalue weighted by Crippen LogP contribution is -2.15. The van der Waals surface area contributed by atoms with Gasteiger partial charge < -0.3 is 0 Å². The van der Waals surface area contributed by atoms with Gasteiger partial charge in [-0.25, -0.2) is 26.8 Å². The highest BCUT2D eigenvalue weighted by atomic mass is 32.2. The van der Waals surface area contributed by atoms with Crippen LogP contribution in [-0.2, 0) is 16.6 Å². The Kier molecular flexibility index (Phi) is 3.84. The summed E-state index contributed by atoms with van der Waals surface area (Å²) in [5.41, 5.74) is 1.10. The lowest BCUT2D eigenvalue weighted by atomic mass is 10.2. The first-order chi connectivity index (χ1) is 12.5. The first-order valence-electron chi connectivity index (χ1n) is 7.39. The molecule has 9 nitrogen and oxygen atoms in total. The number of rotatable bonds is 5. The molecule has 0 radical (unpaired) electrons. The summed E-state index contributed by atoms with van der Waals surface area (Å²) >= 11 is 0. The Labute approximate surface area is 146 Å². The number of hydrogen-bond donors (Lipinski definition) is 1. The Morgan fingerprint density at radius 2 is 2.00 bits per heavy atom. The molecule has 11 heteroatoms. The van der Waals surface area contributed by atoms with Crippen molar-refractivity contribution in [3.8, 4) is 0 Å². The lowest BCUT2D eigenvalue weighted by Gasteiger charge is -2.04. The van der Waals surface area contributed by atoms with Crippen molar-refractivity contribution in [2.75, 3.05) is 4.72 Å². The minimum absolute atomic E-state index is 0.0993. The smallest absolute Gasteiger partial charge is 0.246 e. The van der Waals surface area contributed by atoms with E-state index in [4.69, 9.17) is 0 Å². The van der Waals surface area contributed by atoms with Gasteiger partial charge in [0, 0.05) is 0 Å². The van der Waals surface area contributed by atoms with Gasteiger partial charge in [0.15, 0.2) is 5.52 Å². The van der Waals surface area contributed by atoms with Crippen molar-refractivity contribution in [1.29, 1.82) is 0 Å². The molecule has 0 aliphatic carbocycles. The Morgan fingerprint density at radius 3 is 2.85 bits per heavy atom. The number of fused-ring (bicyclic) bond motifs is 1. The van der Waals surface area contributed by atoms with E-state index in [0.29, 0.717) is 11.1 Å². The van der Waals surface area contributed by atoms with Crippen LogP contribution >= 0.6 is 0 Å². The molecule has 0 unspecified atom stereocenters. The van der Waals surface area contributed by atoms with E-state index in [-0.39, 0.29) is 28.7 Å². The Morgan fingerprint density at radius 1 is 1.15 bits per heavy atom. The van der Waals surface area contributed by atoms with Crippen molar-refractivity contribution < 1.29 is 17.4 Å². The fourth-order valence-corrected chi connectivity index (χ4v) is 3.51. The van der Waals surface area contributed by atoms with Crippen LogP contribution in [0.1, 0.15) is 5.56 Å². The minimum atomic E-state index is -3.99. The molecule has 0 saturated heterocycles. The van der Waals surface area contributed by atoms with E-state index in [1.165, 1.54) is 35.3 Å². The van der Waals surface area contributed by atoms with E-state index < -0.39 is 10.0 Å². The average Bonchev–Trinajstić information content (AvgIpc) is 3.23. The van der Waals surface area contributed by atoms with Crippen molar-refractivity contribution in [2.45, 2.75) is 11.4 Å². The van der Waals surface area contributed by atoms with Crippen LogP contribution in [0.25, 0.3) is 11.0 Å². The van der Waals surface area contributed by atoms with Gasteiger partial charge in [-0.2, -0.15) is 4.98 Å².